The lowest BCUT2D eigenvalue weighted by Crippen LogP contribution is -2.26. The van der Waals surface area contributed by atoms with Gasteiger partial charge in [0.2, 0.25) is 6.10 Å². The third-order valence-corrected chi connectivity index (χ3v) is 4.15. The van der Waals surface area contributed by atoms with Gasteiger partial charge in [0.15, 0.2) is 0 Å². The SMILES string of the molecule is Cc1ccc(NC(=O)[C@@H](OC(=O)Cc2cccc(F)c2)c2ccccc2)cc1. The summed E-state index contributed by atoms with van der Waals surface area (Å²) >= 11 is 0. The second-order valence-electron chi connectivity index (χ2n) is 6.44. The predicted octanol–water partition coefficient (Wildman–Crippen LogP) is 4.60. The van der Waals surface area contributed by atoms with E-state index in [1.165, 1.54) is 18.2 Å². The van der Waals surface area contributed by atoms with Gasteiger partial charge in [0.25, 0.3) is 5.91 Å². The van der Waals surface area contributed by atoms with Gasteiger partial charge < -0.3 is 10.1 Å². The van der Waals surface area contributed by atoms with E-state index >= 15 is 0 Å². The molecule has 1 N–H and O–H groups in total. The minimum atomic E-state index is -1.11. The van der Waals surface area contributed by atoms with Crippen molar-refractivity contribution < 1.29 is 18.7 Å². The first-order valence-corrected chi connectivity index (χ1v) is 8.87. The standard InChI is InChI=1S/C23H20FNO3/c1-16-10-12-20(13-11-16)25-23(27)22(18-7-3-2-4-8-18)28-21(26)15-17-6-5-9-19(24)14-17/h2-14,22H,15H2,1H3,(H,25,27)/t22-/m0/s1. The number of nitrogens with one attached hydrogen (secondary N) is 1. The number of benzene rings is 3. The Kier molecular flexibility index (Phi) is 6.17. The van der Waals surface area contributed by atoms with E-state index < -0.39 is 23.8 Å². The van der Waals surface area contributed by atoms with Crippen LogP contribution in [0.5, 0.6) is 0 Å². The van der Waals surface area contributed by atoms with Crippen LogP contribution in [0.4, 0.5) is 10.1 Å². The average molecular weight is 377 g/mol. The first-order chi connectivity index (χ1) is 13.5. The minimum absolute atomic E-state index is 0.126. The maximum absolute atomic E-state index is 13.3. The highest BCUT2D eigenvalue weighted by Crippen LogP contribution is 2.21. The highest BCUT2D eigenvalue weighted by atomic mass is 19.1. The Bertz CT molecular complexity index is 955. The first-order valence-electron chi connectivity index (χ1n) is 8.87. The Labute approximate surface area is 163 Å². The summed E-state index contributed by atoms with van der Waals surface area (Å²) in [5.41, 5.74) is 2.72. The molecular formula is C23H20FNO3. The quantitative estimate of drug-likeness (QED) is 0.639. The van der Waals surface area contributed by atoms with Gasteiger partial charge in [-0.3, -0.25) is 9.59 Å². The summed E-state index contributed by atoms with van der Waals surface area (Å²) in [6.45, 7) is 1.95. The van der Waals surface area contributed by atoms with E-state index in [0.29, 0.717) is 16.8 Å². The Hall–Kier alpha value is -3.47. The van der Waals surface area contributed by atoms with Crippen LogP contribution in [0.2, 0.25) is 0 Å². The normalized spacial score (nSPS) is 11.5. The molecule has 0 aliphatic rings. The molecule has 0 aromatic heterocycles. The van der Waals surface area contributed by atoms with Gasteiger partial charge in [0.1, 0.15) is 5.82 Å². The van der Waals surface area contributed by atoms with Crippen molar-refractivity contribution in [2.24, 2.45) is 0 Å². The number of aryl methyl sites for hydroxylation is 1. The molecule has 0 aliphatic carbocycles. The largest absolute Gasteiger partial charge is 0.447 e. The zero-order valence-corrected chi connectivity index (χ0v) is 15.4. The van der Waals surface area contributed by atoms with Gasteiger partial charge in [-0.2, -0.15) is 0 Å². The molecule has 28 heavy (non-hydrogen) atoms. The van der Waals surface area contributed by atoms with Crippen molar-refractivity contribution in [2.45, 2.75) is 19.4 Å². The van der Waals surface area contributed by atoms with E-state index in [-0.39, 0.29) is 6.42 Å². The molecule has 3 aromatic carbocycles. The third kappa shape index (κ3) is 5.27. The van der Waals surface area contributed by atoms with Gasteiger partial charge in [0, 0.05) is 11.3 Å². The van der Waals surface area contributed by atoms with Crippen LogP contribution in [0.3, 0.4) is 0 Å². The number of hydrogen-bond donors (Lipinski definition) is 1. The molecule has 142 valence electrons. The molecule has 0 heterocycles. The lowest BCUT2D eigenvalue weighted by molar-refractivity contribution is -0.154. The molecule has 3 rings (SSSR count). The number of carbonyl (C=O) groups is 2. The van der Waals surface area contributed by atoms with Gasteiger partial charge in [-0.1, -0.05) is 60.2 Å². The fraction of sp³-hybridized carbons (Fsp3) is 0.130. The van der Waals surface area contributed by atoms with Crippen molar-refractivity contribution in [2.75, 3.05) is 5.32 Å². The van der Waals surface area contributed by atoms with Crippen LogP contribution in [0.25, 0.3) is 0 Å². The van der Waals surface area contributed by atoms with Crippen molar-refractivity contribution in [1.82, 2.24) is 0 Å². The Morgan fingerprint density at radius 2 is 1.68 bits per heavy atom. The van der Waals surface area contributed by atoms with Crippen molar-refractivity contribution >= 4 is 17.6 Å². The monoisotopic (exact) mass is 377 g/mol. The summed E-state index contributed by atoms with van der Waals surface area (Å²) in [5.74, 6) is -1.50. The van der Waals surface area contributed by atoms with Crippen LogP contribution in [-0.2, 0) is 20.7 Å². The summed E-state index contributed by atoms with van der Waals surface area (Å²) in [4.78, 5) is 25.2. The highest BCUT2D eigenvalue weighted by Gasteiger charge is 2.25. The number of anilines is 1. The van der Waals surface area contributed by atoms with Crippen LogP contribution >= 0.6 is 0 Å². The number of esters is 1. The second-order valence-corrected chi connectivity index (χ2v) is 6.44. The van der Waals surface area contributed by atoms with E-state index in [2.05, 4.69) is 5.32 Å². The molecule has 1 amide bonds. The topological polar surface area (TPSA) is 55.4 Å². The fourth-order valence-electron chi connectivity index (χ4n) is 2.73. The van der Waals surface area contributed by atoms with Crippen molar-refractivity contribution in [1.29, 1.82) is 0 Å². The first kappa shape index (κ1) is 19.3. The molecule has 0 radical (unpaired) electrons. The molecule has 1 atom stereocenters. The maximum Gasteiger partial charge on any atom is 0.311 e. The molecule has 3 aromatic rings. The van der Waals surface area contributed by atoms with E-state index in [0.717, 1.165) is 5.56 Å². The highest BCUT2D eigenvalue weighted by molar-refractivity contribution is 5.96. The van der Waals surface area contributed by atoms with E-state index in [1.54, 1.807) is 42.5 Å². The number of amides is 1. The smallest absolute Gasteiger partial charge is 0.311 e. The van der Waals surface area contributed by atoms with Crippen LogP contribution in [0.15, 0.2) is 78.9 Å². The zero-order chi connectivity index (χ0) is 19.9. The van der Waals surface area contributed by atoms with E-state index in [4.69, 9.17) is 4.74 Å². The van der Waals surface area contributed by atoms with Crippen LogP contribution in [0.1, 0.15) is 22.8 Å². The van der Waals surface area contributed by atoms with Gasteiger partial charge in [-0.05, 0) is 36.8 Å². The number of carbonyl (C=O) groups excluding carboxylic acids is 2. The van der Waals surface area contributed by atoms with Gasteiger partial charge in [-0.25, -0.2) is 4.39 Å². The summed E-state index contributed by atoms with van der Waals surface area (Å²) in [6, 6.07) is 21.8. The number of rotatable bonds is 6. The molecule has 0 aliphatic heterocycles. The molecule has 0 fully saturated rings. The Morgan fingerprint density at radius 1 is 0.964 bits per heavy atom. The Balaban J connectivity index is 1.76. The summed E-state index contributed by atoms with van der Waals surface area (Å²) in [5, 5.41) is 2.77. The molecule has 4 nitrogen and oxygen atoms in total. The van der Waals surface area contributed by atoms with Gasteiger partial charge >= 0.3 is 5.97 Å². The minimum Gasteiger partial charge on any atom is -0.447 e. The second kappa shape index (κ2) is 8.95. The van der Waals surface area contributed by atoms with Crippen LogP contribution in [0, 0.1) is 12.7 Å². The van der Waals surface area contributed by atoms with Gasteiger partial charge in [0.05, 0.1) is 6.42 Å². The Morgan fingerprint density at radius 3 is 2.36 bits per heavy atom. The van der Waals surface area contributed by atoms with Crippen molar-refractivity contribution in [3.05, 3.63) is 101 Å². The molecule has 0 saturated heterocycles. The summed E-state index contributed by atoms with van der Waals surface area (Å²) < 4.78 is 18.8. The zero-order valence-electron chi connectivity index (χ0n) is 15.4. The molecule has 5 heteroatoms. The lowest BCUT2D eigenvalue weighted by Gasteiger charge is -2.18. The molecule has 0 bridgehead atoms. The predicted molar refractivity (Wildman–Crippen MR) is 105 cm³/mol. The van der Waals surface area contributed by atoms with Crippen molar-refractivity contribution in [3.8, 4) is 0 Å². The van der Waals surface area contributed by atoms with Gasteiger partial charge in [-0.15, -0.1) is 0 Å². The molecular weight excluding hydrogens is 357 g/mol. The molecule has 0 unspecified atom stereocenters. The van der Waals surface area contributed by atoms with Crippen molar-refractivity contribution in [3.63, 3.8) is 0 Å². The van der Waals surface area contributed by atoms with Crippen LogP contribution in [-0.4, -0.2) is 11.9 Å². The summed E-state index contributed by atoms with van der Waals surface area (Å²) in [6.07, 6.45) is -1.23. The van der Waals surface area contributed by atoms with Crippen LogP contribution < -0.4 is 5.32 Å². The van der Waals surface area contributed by atoms with E-state index in [9.17, 15) is 14.0 Å². The molecule has 0 saturated carbocycles. The molecule has 0 spiro atoms. The lowest BCUT2D eigenvalue weighted by atomic mass is 10.1. The maximum atomic E-state index is 13.3. The number of hydrogen-bond acceptors (Lipinski definition) is 3. The number of ether oxygens (including phenoxy) is 1. The third-order valence-electron chi connectivity index (χ3n) is 4.15. The summed E-state index contributed by atoms with van der Waals surface area (Å²) in [7, 11) is 0. The average Bonchev–Trinajstić information content (AvgIpc) is 2.68. The fourth-order valence-corrected chi connectivity index (χ4v) is 2.73. The van der Waals surface area contributed by atoms with E-state index in [1.807, 2.05) is 25.1 Å². The number of halogens is 1.